The van der Waals surface area contributed by atoms with Gasteiger partial charge in [-0.15, -0.1) is 0 Å². The molecule has 0 spiro atoms. The number of nitrogens with one attached hydrogen (secondary N) is 1. The molecule has 17 heavy (non-hydrogen) atoms. The van der Waals surface area contributed by atoms with Crippen LogP contribution < -0.4 is 5.32 Å². The average Bonchev–Trinajstić information content (AvgIpc) is 2.62. The number of nitrogens with zero attached hydrogens (tertiary/aromatic N) is 1. The highest BCUT2D eigenvalue weighted by Gasteiger charge is 2.46. The summed E-state index contributed by atoms with van der Waals surface area (Å²) in [6, 6.07) is 2.48. The van der Waals surface area contributed by atoms with Crippen LogP contribution in [0.5, 0.6) is 0 Å². The minimum Gasteiger partial charge on any atom is -0.314 e. The summed E-state index contributed by atoms with van der Waals surface area (Å²) in [6.45, 7) is 10.6. The summed E-state index contributed by atoms with van der Waals surface area (Å²) in [4.78, 5) is 2.89. The minimum absolute atomic E-state index is 0.447. The Morgan fingerprint density at radius 1 is 1.06 bits per heavy atom. The Morgan fingerprint density at radius 2 is 1.59 bits per heavy atom. The van der Waals surface area contributed by atoms with Gasteiger partial charge in [-0.2, -0.15) is 0 Å². The molecule has 0 aromatic rings. The summed E-state index contributed by atoms with van der Waals surface area (Å²) in [6.07, 6.45) is 8.20. The van der Waals surface area contributed by atoms with Gasteiger partial charge in [0.15, 0.2) is 0 Å². The van der Waals surface area contributed by atoms with Gasteiger partial charge in [0.2, 0.25) is 0 Å². The molecular weight excluding hydrogens is 208 g/mol. The molecule has 0 aromatic heterocycles. The Hall–Kier alpha value is -0.0800. The normalized spacial score (nSPS) is 34.2. The molecule has 100 valence electrons. The highest BCUT2D eigenvalue weighted by molar-refractivity contribution is 5.03. The molecule has 0 radical (unpaired) electrons. The van der Waals surface area contributed by atoms with Crippen LogP contribution in [-0.2, 0) is 0 Å². The Kier molecular flexibility index (Phi) is 4.14. The molecule has 2 fully saturated rings. The van der Waals surface area contributed by atoms with Crippen LogP contribution in [0, 0.1) is 0 Å². The molecule has 0 saturated carbocycles. The van der Waals surface area contributed by atoms with Crippen molar-refractivity contribution in [2.75, 3.05) is 6.54 Å². The van der Waals surface area contributed by atoms with Gasteiger partial charge >= 0.3 is 0 Å². The van der Waals surface area contributed by atoms with Crippen molar-refractivity contribution < 1.29 is 0 Å². The standard InChI is InChI=1S/C15H30N2/c1-5-15(4,6-2)17-13-8-9-14(17)11-12(10-13)16-7-3/h12-14,16H,5-11H2,1-4H3. The van der Waals surface area contributed by atoms with Crippen molar-refractivity contribution >= 4 is 0 Å². The van der Waals surface area contributed by atoms with E-state index in [2.05, 4.69) is 37.9 Å². The molecule has 0 aliphatic carbocycles. The van der Waals surface area contributed by atoms with Gasteiger partial charge in [0.1, 0.15) is 0 Å². The van der Waals surface area contributed by atoms with E-state index in [1.807, 2.05) is 0 Å². The average molecular weight is 238 g/mol. The van der Waals surface area contributed by atoms with Gasteiger partial charge in [-0.25, -0.2) is 0 Å². The second-order valence-electron chi connectivity index (χ2n) is 6.22. The lowest BCUT2D eigenvalue weighted by Gasteiger charge is -2.49. The molecule has 2 heterocycles. The third-order valence-corrected chi connectivity index (χ3v) is 5.37. The van der Waals surface area contributed by atoms with Crippen molar-refractivity contribution in [2.45, 2.75) is 89.9 Å². The summed E-state index contributed by atoms with van der Waals surface area (Å²) >= 11 is 0. The van der Waals surface area contributed by atoms with Crippen LogP contribution in [0.1, 0.15) is 66.2 Å². The van der Waals surface area contributed by atoms with Crippen molar-refractivity contribution in [1.82, 2.24) is 10.2 Å². The highest BCUT2D eigenvalue weighted by Crippen LogP contribution is 2.42. The molecule has 1 N–H and O–H groups in total. The largest absolute Gasteiger partial charge is 0.314 e. The molecule has 2 unspecified atom stereocenters. The maximum absolute atomic E-state index is 3.67. The maximum atomic E-state index is 3.67. The molecule has 2 nitrogen and oxygen atoms in total. The van der Waals surface area contributed by atoms with E-state index in [0.717, 1.165) is 24.7 Å². The first kappa shape index (κ1) is 13.4. The Labute approximate surface area is 107 Å². The van der Waals surface area contributed by atoms with E-state index >= 15 is 0 Å². The van der Waals surface area contributed by atoms with Crippen molar-refractivity contribution in [3.63, 3.8) is 0 Å². The zero-order valence-electron chi connectivity index (χ0n) is 12.1. The SMILES string of the molecule is CCNC1CC2CCC(C1)N2C(C)(CC)CC. The van der Waals surface area contributed by atoms with Gasteiger partial charge in [0, 0.05) is 23.7 Å². The Balaban J connectivity index is 2.08. The first-order valence-corrected chi connectivity index (χ1v) is 7.66. The Morgan fingerprint density at radius 3 is 2.00 bits per heavy atom. The van der Waals surface area contributed by atoms with Crippen LogP contribution >= 0.6 is 0 Å². The zero-order chi connectivity index (χ0) is 12.5. The Bertz CT molecular complexity index is 233. The number of hydrogen-bond donors (Lipinski definition) is 1. The topological polar surface area (TPSA) is 15.3 Å². The second-order valence-corrected chi connectivity index (χ2v) is 6.22. The van der Waals surface area contributed by atoms with Gasteiger partial charge in [-0.1, -0.05) is 20.8 Å². The van der Waals surface area contributed by atoms with Gasteiger partial charge in [0.25, 0.3) is 0 Å². The molecule has 2 aliphatic rings. The van der Waals surface area contributed by atoms with E-state index in [1.54, 1.807) is 0 Å². The molecule has 2 bridgehead atoms. The fourth-order valence-corrected chi connectivity index (χ4v) is 4.13. The molecule has 2 heteroatoms. The van der Waals surface area contributed by atoms with Crippen molar-refractivity contribution in [3.8, 4) is 0 Å². The fraction of sp³-hybridized carbons (Fsp3) is 1.00. The van der Waals surface area contributed by atoms with E-state index < -0.39 is 0 Å². The van der Waals surface area contributed by atoms with Gasteiger partial charge in [-0.05, 0) is 52.0 Å². The predicted octanol–water partition coefficient (Wildman–Crippen LogP) is 3.17. The second kappa shape index (κ2) is 5.27. The van der Waals surface area contributed by atoms with E-state index in [9.17, 15) is 0 Å². The molecule has 2 atom stereocenters. The number of rotatable bonds is 5. The molecule has 0 amide bonds. The summed E-state index contributed by atoms with van der Waals surface area (Å²) in [5, 5.41) is 3.67. The van der Waals surface area contributed by atoms with E-state index in [1.165, 1.54) is 38.5 Å². The maximum Gasteiger partial charge on any atom is 0.0182 e. The number of hydrogen-bond acceptors (Lipinski definition) is 2. The molecule has 2 saturated heterocycles. The number of piperidine rings is 1. The van der Waals surface area contributed by atoms with Gasteiger partial charge in [0.05, 0.1) is 0 Å². The van der Waals surface area contributed by atoms with E-state index in [-0.39, 0.29) is 0 Å². The van der Waals surface area contributed by atoms with Gasteiger partial charge < -0.3 is 5.32 Å². The zero-order valence-corrected chi connectivity index (χ0v) is 12.1. The van der Waals surface area contributed by atoms with Crippen LogP contribution in [0.4, 0.5) is 0 Å². The van der Waals surface area contributed by atoms with Crippen molar-refractivity contribution in [1.29, 1.82) is 0 Å². The smallest absolute Gasteiger partial charge is 0.0182 e. The van der Waals surface area contributed by atoms with Crippen molar-refractivity contribution in [3.05, 3.63) is 0 Å². The van der Waals surface area contributed by atoms with Crippen molar-refractivity contribution in [2.24, 2.45) is 0 Å². The third-order valence-electron chi connectivity index (χ3n) is 5.37. The molecule has 2 aliphatic heterocycles. The van der Waals surface area contributed by atoms with Crippen LogP contribution in [-0.4, -0.2) is 35.1 Å². The molecular formula is C15H30N2. The molecule has 2 rings (SSSR count). The lowest BCUT2D eigenvalue weighted by molar-refractivity contribution is 0.00511. The monoisotopic (exact) mass is 238 g/mol. The highest BCUT2D eigenvalue weighted by atomic mass is 15.3. The third kappa shape index (κ3) is 2.39. The van der Waals surface area contributed by atoms with Crippen LogP contribution in [0.2, 0.25) is 0 Å². The predicted molar refractivity (Wildman–Crippen MR) is 74.3 cm³/mol. The first-order chi connectivity index (χ1) is 8.14. The van der Waals surface area contributed by atoms with Crippen LogP contribution in [0.15, 0.2) is 0 Å². The van der Waals surface area contributed by atoms with Crippen LogP contribution in [0.3, 0.4) is 0 Å². The summed E-state index contributed by atoms with van der Waals surface area (Å²) < 4.78 is 0. The lowest BCUT2D eigenvalue weighted by Crippen LogP contribution is -2.58. The fourth-order valence-electron chi connectivity index (χ4n) is 4.13. The summed E-state index contributed by atoms with van der Waals surface area (Å²) in [7, 11) is 0. The number of fused-ring (bicyclic) bond motifs is 2. The van der Waals surface area contributed by atoms with Gasteiger partial charge in [-0.3, -0.25) is 4.90 Å². The quantitative estimate of drug-likeness (QED) is 0.791. The lowest BCUT2D eigenvalue weighted by atomic mass is 9.86. The molecule has 0 aromatic carbocycles. The van der Waals surface area contributed by atoms with Crippen LogP contribution in [0.25, 0.3) is 0 Å². The summed E-state index contributed by atoms with van der Waals surface area (Å²) in [5.74, 6) is 0. The minimum atomic E-state index is 0.447. The van der Waals surface area contributed by atoms with E-state index in [4.69, 9.17) is 0 Å². The van der Waals surface area contributed by atoms with E-state index in [0.29, 0.717) is 5.54 Å². The first-order valence-electron chi connectivity index (χ1n) is 7.66. The summed E-state index contributed by atoms with van der Waals surface area (Å²) in [5.41, 5.74) is 0.447.